The zero-order valence-electron chi connectivity index (χ0n) is 21.7. The first-order valence-corrected chi connectivity index (χ1v) is 13.2. The molecule has 0 radical (unpaired) electrons. The quantitative estimate of drug-likeness (QED) is 0.317. The van der Waals surface area contributed by atoms with Gasteiger partial charge in [0.2, 0.25) is 5.43 Å². The molecule has 2 N–H and O–H groups in total. The number of halogens is 6. The van der Waals surface area contributed by atoms with Gasteiger partial charge in [-0.05, 0) is 42.5 Å². The van der Waals surface area contributed by atoms with Gasteiger partial charge in [0, 0.05) is 42.3 Å². The van der Waals surface area contributed by atoms with Gasteiger partial charge in [0.05, 0.1) is 18.0 Å². The molecule has 0 bridgehead atoms. The maximum atomic E-state index is 15.6. The summed E-state index contributed by atoms with van der Waals surface area (Å²) < 4.78 is 62.7. The van der Waals surface area contributed by atoms with Crippen molar-refractivity contribution in [1.82, 2.24) is 9.88 Å². The van der Waals surface area contributed by atoms with Gasteiger partial charge in [-0.2, -0.15) is 13.2 Å². The molecule has 1 amide bonds. The number of rotatable bonds is 8. The number of anilines is 1. The van der Waals surface area contributed by atoms with E-state index in [0.29, 0.717) is 34.5 Å². The average molecular weight is 618 g/mol. The van der Waals surface area contributed by atoms with Gasteiger partial charge in [0.1, 0.15) is 17.8 Å². The number of carbonyl (C=O) groups excluding carboxylic acids is 1. The minimum atomic E-state index is -4.77. The van der Waals surface area contributed by atoms with Crippen LogP contribution in [0.1, 0.15) is 35.2 Å². The lowest BCUT2D eigenvalue weighted by Crippen LogP contribution is -2.37. The predicted molar refractivity (Wildman–Crippen MR) is 146 cm³/mol. The SMILES string of the molecule is COc1c(N2CCCC(CC(=O)O)C2)c(F)cc2c(=O)c(C(=O)NCc3ccc(Cl)cc3Cl)cn(CC(F)(F)F)c12. The number of benzene rings is 2. The zero-order chi connectivity index (χ0) is 30.1. The van der Waals surface area contributed by atoms with Gasteiger partial charge >= 0.3 is 12.1 Å². The van der Waals surface area contributed by atoms with Crippen LogP contribution in [0.5, 0.6) is 5.75 Å². The largest absolute Gasteiger partial charge is 0.492 e. The molecule has 1 aromatic heterocycles. The fourth-order valence-corrected chi connectivity index (χ4v) is 5.55. The lowest BCUT2D eigenvalue weighted by molar-refractivity contribution is -0.140. The molecule has 1 aliphatic rings. The van der Waals surface area contributed by atoms with E-state index in [1.165, 1.54) is 23.1 Å². The Morgan fingerprint density at radius 1 is 1.22 bits per heavy atom. The Bertz CT molecular complexity index is 1560. The van der Waals surface area contributed by atoms with E-state index in [-0.39, 0.29) is 47.4 Å². The molecule has 1 fully saturated rings. The van der Waals surface area contributed by atoms with E-state index in [4.69, 9.17) is 27.9 Å². The number of carboxylic acid groups (broad SMARTS) is 1. The number of carboxylic acids is 1. The summed E-state index contributed by atoms with van der Waals surface area (Å²) in [6.07, 6.45) is -3.07. The number of amides is 1. The smallest absolute Gasteiger partial charge is 0.406 e. The van der Waals surface area contributed by atoms with E-state index < -0.39 is 46.8 Å². The van der Waals surface area contributed by atoms with Crippen molar-refractivity contribution in [3.63, 3.8) is 0 Å². The van der Waals surface area contributed by atoms with Crippen molar-refractivity contribution in [2.24, 2.45) is 5.92 Å². The van der Waals surface area contributed by atoms with Crippen molar-refractivity contribution < 1.29 is 37.0 Å². The first kappa shape index (κ1) is 30.4. The number of aliphatic carboxylic acids is 1. The lowest BCUT2D eigenvalue weighted by atomic mass is 9.94. The van der Waals surface area contributed by atoms with Gasteiger partial charge < -0.3 is 24.6 Å². The molecule has 1 atom stereocenters. The van der Waals surface area contributed by atoms with Crippen LogP contribution in [0.4, 0.5) is 23.2 Å². The van der Waals surface area contributed by atoms with E-state index in [2.05, 4.69) is 5.32 Å². The zero-order valence-corrected chi connectivity index (χ0v) is 23.2. The predicted octanol–water partition coefficient (Wildman–Crippen LogP) is 5.64. The molecule has 1 unspecified atom stereocenters. The van der Waals surface area contributed by atoms with Gasteiger partial charge in [-0.3, -0.25) is 14.4 Å². The third kappa shape index (κ3) is 6.87. The van der Waals surface area contributed by atoms with Gasteiger partial charge in [0.15, 0.2) is 11.6 Å². The summed E-state index contributed by atoms with van der Waals surface area (Å²) in [6, 6.07) is 5.29. The van der Waals surface area contributed by atoms with Crippen LogP contribution in [-0.4, -0.2) is 47.9 Å². The molecule has 0 aliphatic carbocycles. The summed E-state index contributed by atoms with van der Waals surface area (Å²) in [5.41, 5.74) is -1.71. The molecule has 4 rings (SSSR count). The van der Waals surface area contributed by atoms with Gasteiger partial charge in [0.25, 0.3) is 5.91 Å². The van der Waals surface area contributed by atoms with Crippen LogP contribution < -0.4 is 20.4 Å². The van der Waals surface area contributed by atoms with Crippen LogP contribution in [0.25, 0.3) is 10.9 Å². The molecule has 0 saturated carbocycles. The van der Waals surface area contributed by atoms with Crippen molar-refractivity contribution in [2.75, 3.05) is 25.1 Å². The summed E-state index contributed by atoms with van der Waals surface area (Å²) in [6.45, 7) is -1.33. The summed E-state index contributed by atoms with van der Waals surface area (Å²) in [4.78, 5) is 39.1. The number of piperidine rings is 1. The number of ether oxygens (including phenoxy) is 1. The molecule has 1 aliphatic heterocycles. The second kappa shape index (κ2) is 12.2. The lowest BCUT2D eigenvalue weighted by Gasteiger charge is -2.35. The summed E-state index contributed by atoms with van der Waals surface area (Å²) >= 11 is 12.0. The maximum Gasteiger partial charge on any atom is 0.406 e. The standard InChI is InChI=1S/C27H25Cl2F4N3O5/c1-41-25-22-17(9-20(30)23(25)35-6-2-3-14(11-35)7-21(37)38)24(39)18(12-36(22)13-27(31,32)33)26(40)34-10-15-4-5-16(28)8-19(15)29/h4-5,8-9,12,14H,2-3,6-7,10-11,13H2,1H3,(H,34,40)(H,37,38). The fourth-order valence-electron chi connectivity index (χ4n) is 5.07. The van der Waals surface area contributed by atoms with Crippen molar-refractivity contribution in [2.45, 2.75) is 38.5 Å². The van der Waals surface area contributed by atoms with Crippen LogP contribution >= 0.6 is 23.2 Å². The van der Waals surface area contributed by atoms with Crippen LogP contribution in [0.15, 0.2) is 35.3 Å². The first-order valence-electron chi connectivity index (χ1n) is 12.5. The third-order valence-electron chi connectivity index (χ3n) is 6.80. The van der Waals surface area contributed by atoms with Crippen LogP contribution in [-0.2, 0) is 17.9 Å². The molecular weight excluding hydrogens is 593 g/mol. The highest BCUT2D eigenvalue weighted by molar-refractivity contribution is 6.35. The Labute approximate surface area is 241 Å². The molecule has 0 spiro atoms. The van der Waals surface area contributed by atoms with Crippen molar-refractivity contribution >= 4 is 51.7 Å². The third-order valence-corrected chi connectivity index (χ3v) is 7.38. The highest BCUT2D eigenvalue weighted by Gasteiger charge is 2.33. The van der Waals surface area contributed by atoms with E-state index in [0.717, 1.165) is 19.4 Å². The minimum absolute atomic E-state index is 0.127. The number of nitrogens with zero attached hydrogens (tertiary/aromatic N) is 2. The number of fused-ring (bicyclic) bond motifs is 1. The molecule has 8 nitrogen and oxygen atoms in total. The van der Waals surface area contributed by atoms with E-state index in [1.54, 1.807) is 0 Å². The van der Waals surface area contributed by atoms with E-state index in [1.807, 2.05) is 0 Å². The monoisotopic (exact) mass is 617 g/mol. The Morgan fingerprint density at radius 2 is 1.95 bits per heavy atom. The van der Waals surface area contributed by atoms with E-state index >= 15 is 4.39 Å². The topological polar surface area (TPSA) is 101 Å². The number of carbonyl (C=O) groups is 2. The second-order valence-corrected chi connectivity index (χ2v) is 10.6. The number of alkyl halides is 3. The average Bonchev–Trinajstić information content (AvgIpc) is 2.88. The van der Waals surface area contributed by atoms with Crippen LogP contribution in [0.2, 0.25) is 10.0 Å². The van der Waals surface area contributed by atoms with Gasteiger partial charge in [-0.15, -0.1) is 0 Å². The molecular formula is C27H25Cl2F4N3O5. The maximum absolute atomic E-state index is 15.6. The normalized spacial score (nSPS) is 15.7. The Hall–Kier alpha value is -3.51. The summed E-state index contributed by atoms with van der Waals surface area (Å²) in [7, 11) is 1.13. The highest BCUT2D eigenvalue weighted by atomic mass is 35.5. The van der Waals surface area contributed by atoms with Crippen molar-refractivity contribution in [1.29, 1.82) is 0 Å². The number of methoxy groups -OCH3 is 1. The number of nitrogens with one attached hydrogen (secondary N) is 1. The van der Waals surface area contributed by atoms with Crippen molar-refractivity contribution in [3.05, 3.63) is 67.7 Å². The number of hydrogen-bond donors (Lipinski definition) is 2. The molecule has 2 heterocycles. The number of pyridine rings is 1. The Morgan fingerprint density at radius 3 is 2.59 bits per heavy atom. The Kier molecular flexibility index (Phi) is 9.03. The van der Waals surface area contributed by atoms with Gasteiger partial charge in [-0.25, -0.2) is 4.39 Å². The minimum Gasteiger partial charge on any atom is -0.492 e. The van der Waals surface area contributed by atoms with Crippen LogP contribution in [0.3, 0.4) is 0 Å². The fraction of sp³-hybridized carbons (Fsp3) is 0.370. The molecule has 1 saturated heterocycles. The van der Waals surface area contributed by atoms with Crippen LogP contribution in [0, 0.1) is 11.7 Å². The molecule has 14 heteroatoms. The Balaban J connectivity index is 1.82. The first-order chi connectivity index (χ1) is 19.3. The molecule has 3 aromatic rings. The number of aromatic nitrogens is 1. The van der Waals surface area contributed by atoms with E-state index in [9.17, 15) is 32.7 Å². The second-order valence-electron chi connectivity index (χ2n) is 9.72. The summed E-state index contributed by atoms with van der Waals surface area (Å²) in [5.74, 6) is -3.61. The molecule has 2 aromatic carbocycles. The van der Waals surface area contributed by atoms with Gasteiger partial charge in [-0.1, -0.05) is 29.3 Å². The van der Waals surface area contributed by atoms with Crippen molar-refractivity contribution in [3.8, 4) is 5.75 Å². The summed E-state index contributed by atoms with van der Waals surface area (Å²) in [5, 5.41) is 11.7. The molecule has 220 valence electrons. The number of hydrogen-bond acceptors (Lipinski definition) is 5. The molecule has 41 heavy (non-hydrogen) atoms. The highest BCUT2D eigenvalue weighted by Crippen LogP contribution is 2.40.